The number of ether oxygens (including phenoxy) is 1. The molecular formula is C14H13O3S-. The van der Waals surface area contributed by atoms with Crippen molar-refractivity contribution in [3.8, 4) is 5.75 Å². The summed E-state index contributed by atoms with van der Waals surface area (Å²) in [5.41, 5.74) is 1.86. The molecule has 0 spiro atoms. The summed E-state index contributed by atoms with van der Waals surface area (Å²) in [6.07, 6.45) is 0. The lowest BCUT2D eigenvalue weighted by molar-refractivity contribution is 0.306. The highest BCUT2D eigenvalue weighted by atomic mass is 32.2. The van der Waals surface area contributed by atoms with Crippen LogP contribution in [0.3, 0.4) is 0 Å². The van der Waals surface area contributed by atoms with E-state index in [1.165, 1.54) is 0 Å². The predicted molar refractivity (Wildman–Crippen MR) is 69.8 cm³/mol. The third-order valence-electron chi connectivity index (χ3n) is 2.46. The number of rotatable bonds is 5. The summed E-state index contributed by atoms with van der Waals surface area (Å²) in [6.45, 7) is 0.508. The molecule has 0 aliphatic rings. The lowest BCUT2D eigenvalue weighted by Crippen LogP contribution is -1.96. The van der Waals surface area contributed by atoms with Gasteiger partial charge < -0.3 is 9.29 Å². The Bertz CT molecular complexity index is 508. The summed E-state index contributed by atoms with van der Waals surface area (Å²) in [5, 5.41) is 0. The van der Waals surface area contributed by atoms with E-state index in [0.29, 0.717) is 6.61 Å². The Balaban J connectivity index is 1.92. The van der Waals surface area contributed by atoms with Gasteiger partial charge in [-0.05, 0) is 23.3 Å². The molecule has 4 heteroatoms. The van der Waals surface area contributed by atoms with Gasteiger partial charge >= 0.3 is 0 Å². The molecule has 1 unspecified atom stereocenters. The van der Waals surface area contributed by atoms with E-state index in [0.717, 1.165) is 16.9 Å². The average Bonchev–Trinajstić information content (AvgIpc) is 2.38. The fourth-order valence-corrected chi connectivity index (χ4v) is 2.02. The smallest absolute Gasteiger partial charge is 0.119 e. The van der Waals surface area contributed by atoms with Crippen LogP contribution in [-0.4, -0.2) is 8.76 Å². The molecule has 0 bridgehead atoms. The van der Waals surface area contributed by atoms with Gasteiger partial charge in [-0.3, -0.25) is 4.21 Å². The first-order chi connectivity index (χ1) is 8.74. The first-order valence-corrected chi connectivity index (χ1v) is 6.80. The molecule has 18 heavy (non-hydrogen) atoms. The number of benzene rings is 2. The van der Waals surface area contributed by atoms with E-state index < -0.39 is 11.1 Å². The van der Waals surface area contributed by atoms with Crippen molar-refractivity contribution >= 4 is 11.1 Å². The van der Waals surface area contributed by atoms with Crippen LogP contribution in [0.15, 0.2) is 54.6 Å². The lowest BCUT2D eigenvalue weighted by Gasteiger charge is -2.08. The Labute approximate surface area is 109 Å². The van der Waals surface area contributed by atoms with Crippen molar-refractivity contribution in [3.63, 3.8) is 0 Å². The van der Waals surface area contributed by atoms with Crippen molar-refractivity contribution in [2.75, 3.05) is 0 Å². The van der Waals surface area contributed by atoms with E-state index in [4.69, 9.17) is 4.74 Å². The third-order valence-corrected chi connectivity index (χ3v) is 3.03. The highest BCUT2D eigenvalue weighted by Gasteiger charge is 1.97. The zero-order valence-electron chi connectivity index (χ0n) is 9.74. The van der Waals surface area contributed by atoms with Gasteiger partial charge in [-0.25, -0.2) is 0 Å². The van der Waals surface area contributed by atoms with Crippen LogP contribution < -0.4 is 4.74 Å². The highest BCUT2D eigenvalue weighted by molar-refractivity contribution is 7.78. The molecule has 2 rings (SSSR count). The molecule has 0 aromatic heterocycles. The molecule has 0 saturated heterocycles. The second-order valence-corrected chi connectivity index (χ2v) is 4.76. The summed E-state index contributed by atoms with van der Waals surface area (Å²) >= 11 is -2.05. The molecule has 2 aromatic rings. The maximum atomic E-state index is 10.5. The van der Waals surface area contributed by atoms with Crippen LogP contribution in [-0.2, 0) is 23.4 Å². The molecule has 2 aromatic carbocycles. The van der Waals surface area contributed by atoms with Crippen LogP contribution in [0.25, 0.3) is 0 Å². The first kappa shape index (κ1) is 12.8. The Morgan fingerprint density at radius 1 is 0.944 bits per heavy atom. The second kappa shape index (κ2) is 6.33. The van der Waals surface area contributed by atoms with Crippen LogP contribution in [0.2, 0.25) is 0 Å². The summed E-state index contributed by atoms with van der Waals surface area (Å²) in [7, 11) is 0. The molecule has 0 heterocycles. The van der Waals surface area contributed by atoms with Crippen molar-refractivity contribution in [1.82, 2.24) is 0 Å². The maximum absolute atomic E-state index is 10.5. The molecule has 0 fully saturated rings. The quantitative estimate of drug-likeness (QED) is 0.777. The van der Waals surface area contributed by atoms with Gasteiger partial charge in [-0.1, -0.05) is 53.5 Å². The van der Waals surface area contributed by atoms with Crippen molar-refractivity contribution < 1.29 is 13.5 Å². The zero-order chi connectivity index (χ0) is 12.8. The van der Waals surface area contributed by atoms with Gasteiger partial charge in [0.1, 0.15) is 12.4 Å². The van der Waals surface area contributed by atoms with Gasteiger partial charge in [0, 0.05) is 5.75 Å². The van der Waals surface area contributed by atoms with Crippen molar-refractivity contribution in [3.05, 3.63) is 65.7 Å². The standard InChI is InChI=1S/C14H14O3S/c15-18(16)11-13-6-8-14(9-7-13)17-10-12-4-2-1-3-5-12/h1-9H,10-11H2,(H,15,16)/p-1. The van der Waals surface area contributed by atoms with E-state index in [9.17, 15) is 8.76 Å². The number of hydrogen-bond acceptors (Lipinski definition) is 3. The van der Waals surface area contributed by atoms with Crippen LogP contribution in [0.1, 0.15) is 11.1 Å². The predicted octanol–water partition coefficient (Wildman–Crippen LogP) is 2.64. The van der Waals surface area contributed by atoms with Gasteiger partial charge in [0.2, 0.25) is 0 Å². The lowest BCUT2D eigenvalue weighted by atomic mass is 10.2. The molecule has 0 radical (unpaired) electrons. The van der Waals surface area contributed by atoms with E-state index in [1.807, 2.05) is 30.3 Å². The maximum Gasteiger partial charge on any atom is 0.119 e. The average molecular weight is 261 g/mol. The van der Waals surface area contributed by atoms with E-state index in [1.54, 1.807) is 24.3 Å². The molecule has 3 nitrogen and oxygen atoms in total. The van der Waals surface area contributed by atoms with Crippen molar-refractivity contribution in [2.24, 2.45) is 0 Å². The highest BCUT2D eigenvalue weighted by Crippen LogP contribution is 2.14. The van der Waals surface area contributed by atoms with Gasteiger partial charge in [0.15, 0.2) is 0 Å². The minimum absolute atomic E-state index is 0.0406. The van der Waals surface area contributed by atoms with Crippen molar-refractivity contribution in [2.45, 2.75) is 12.4 Å². The zero-order valence-corrected chi connectivity index (χ0v) is 10.6. The SMILES string of the molecule is O=S([O-])Cc1ccc(OCc2ccccc2)cc1. The molecule has 94 valence electrons. The van der Waals surface area contributed by atoms with Crippen LogP contribution in [0.4, 0.5) is 0 Å². The molecule has 1 atom stereocenters. The summed E-state index contributed by atoms with van der Waals surface area (Å²) in [6, 6.07) is 17.0. The molecule has 0 amide bonds. The van der Waals surface area contributed by atoms with E-state index in [2.05, 4.69) is 0 Å². The molecule has 0 N–H and O–H groups in total. The van der Waals surface area contributed by atoms with E-state index >= 15 is 0 Å². The summed E-state index contributed by atoms with van der Waals surface area (Å²) < 4.78 is 26.7. The largest absolute Gasteiger partial charge is 0.772 e. The molecule has 0 saturated carbocycles. The molecule has 0 aliphatic heterocycles. The van der Waals surface area contributed by atoms with Gasteiger partial charge in [0.25, 0.3) is 0 Å². The van der Waals surface area contributed by atoms with E-state index in [-0.39, 0.29) is 5.75 Å². The normalized spacial score (nSPS) is 12.1. The number of hydrogen-bond donors (Lipinski definition) is 0. The van der Waals surface area contributed by atoms with Crippen LogP contribution in [0, 0.1) is 0 Å². The van der Waals surface area contributed by atoms with Crippen LogP contribution >= 0.6 is 0 Å². The Morgan fingerprint density at radius 2 is 1.61 bits per heavy atom. The van der Waals surface area contributed by atoms with Gasteiger partial charge in [-0.2, -0.15) is 0 Å². The first-order valence-electron chi connectivity index (χ1n) is 5.55. The topological polar surface area (TPSA) is 49.4 Å². The Morgan fingerprint density at radius 3 is 2.22 bits per heavy atom. The summed E-state index contributed by atoms with van der Waals surface area (Å²) in [5.74, 6) is 0.776. The molecule has 0 aliphatic carbocycles. The van der Waals surface area contributed by atoms with Gasteiger partial charge in [-0.15, -0.1) is 0 Å². The minimum Gasteiger partial charge on any atom is -0.772 e. The Hall–Kier alpha value is -1.65. The third kappa shape index (κ3) is 3.98. The fourth-order valence-electron chi connectivity index (χ4n) is 1.56. The molecular weight excluding hydrogens is 248 g/mol. The minimum atomic E-state index is -2.05. The van der Waals surface area contributed by atoms with Crippen molar-refractivity contribution in [1.29, 1.82) is 0 Å². The summed E-state index contributed by atoms with van der Waals surface area (Å²) in [4.78, 5) is 0. The second-order valence-electron chi connectivity index (χ2n) is 3.87. The monoisotopic (exact) mass is 261 g/mol. The van der Waals surface area contributed by atoms with Gasteiger partial charge in [0.05, 0.1) is 0 Å². The van der Waals surface area contributed by atoms with Crippen LogP contribution in [0.5, 0.6) is 5.75 Å². The fraction of sp³-hybridized carbons (Fsp3) is 0.143. The Kier molecular flexibility index (Phi) is 4.50.